The van der Waals surface area contributed by atoms with E-state index < -0.39 is 28.7 Å². The van der Waals surface area contributed by atoms with Crippen molar-refractivity contribution < 1.29 is 22.8 Å². The Bertz CT molecular complexity index is 843. The number of alkyl halides is 3. The molecule has 0 radical (unpaired) electrons. The summed E-state index contributed by atoms with van der Waals surface area (Å²) in [7, 11) is 0. The van der Waals surface area contributed by atoms with Gasteiger partial charge < -0.3 is 11.1 Å². The highest BCUT2D eigenvalue weighted by Crippen LogP contribution is 2.35. The Morgan fingerprint density at radius 3 is 2.50 bits per heavy atom. The van der Waals surface area contributed by atoms with Crippen LogP contribution in [-0.2, 0) is 24.1 Å². The molecule has 2 aromatic rings. The number of nitrogens with two attached hydrogens (primary N) is 1. The van der Waals surface area contributed by atoms with Crippen LogP contribution in [0.15, 0.2) is 6.20 Å². The SMILES string of the molecule is CCn1cc(NC(=O)CCn2nc(C(F)(F)F)c(Cl)c2C)c(C(N)=O)n1. The number of carbonyl (C=O) groups is 2. The van der Waals surface area contributed by atoms with Crippen LogP contribution in [-0.4, -0.2) is 31.4 Å². The first-order valence-electron chi connectivity index (χ1n) is 7.51. The first-order valence-corrected chi connectivity index (χ1v) is 7.89. The van der Waals surface area contributed by atoms with Crippen LogP contribution in [0.2, 0.25) is 5.02 Å². The number of halogens is 4. The van der Waals surface area contributed by atoms with Crippen molar-refractivity contribution >= 4 is 29.1 Å². The fraction of sp³-hybridized carbons (Fsp3) is 0.429. The number of nitrogens with one attached hydrogen (secondary N) is 1. The Kier molecular flexibility index (Phi) is 5.59. The quantitative estimate of drug-likeness (QED) is 0.785. The average Bonchev–Trinajstić information content (AvgIpc) is 3.07. The minimum absolute atomic E-state index is 0.0992. The van der Waals surface area contributed by atoms with Gasteiger partial charge in [-0.3, -0.25) is 19.0 Å². The monoisotopic (exact) mass is 392 g/mol. The van der Waals surface area contributed by atoms with Crippen molar-refractivity contribution in [2.75, 3.05) is 5.32 Å². The van der Waals surface area contributed by atoms with E-state index in [9.17, 15) is 22.8 Å². The highest BCUT2D eigenvalue weighted by Gasteiger charge is 2.38. The molecule has 3 N–H and O–H groups in total. The predicted octanol–water partition coefficient (Wildman–Crippen LogP) is 2.21. The first-order chi connectivity index (χ1) is 12.0. The number of hydrogen-bond donors (Lipinski definition) is 2. The lowest BCUT2D eigenvalue weighted by atomic mass is 10.3. The van der Waals surface area contributed by atoms with Crippen LogP contribution in [0.4, 0.5) is 18.9 Å². The second kappa shape index (κ2) is 7.36. The molecule has 2 amide bonds. The van der Waals surface area contributed by atoms with Crippen LogP contribution < -0.4 is 11.1 Å². The molecule has 0 aliphatic heterocycles. The minimum atomic E-state index is -4.68. The Labute approximate surface area is 151 Å². The Morgan fingerprint density at radius 2 is 2.00 bits per heavy atom. The standard InChI is InChI=1S/C14H16ClF3N6O2/c1-3-23-6-8(11(21-23)13(19)26)20-9(25)4-5-24-7(2)10(15)12(22-24)14(16,17)18/h6H,3-5H2,1-2H3,(H2,19,26)(H,20,25). The summed E-state index contributed by atoms with van der Waals surface area (Å²) >= 11 is 5.65. The van der Waals surface area contributed by atoms with Crippen molar-refractivity contribution in [2.45, 2.75) is 39.5 Å². The van der Waals surface area contributed by atoms with Crippen LogP contribution >= 0.6 is 11.6 Å². The molecule has 0 saturated carbocycles. The van der Waals surface area contributed by atoms with Gasteiger partial charge in [-0.2, -0.15) is 23.4 Å². The molecule has 0 bridgehead atoms. The predicted molar refractivity (Wildman–Crippen MR) is 86.6 cm³/mol. The van der Waals surface area contributed by atoms with Crippen LogP contribution in [0.25, 0.3) is 0 Å². The van der Waals surface area contributed by atoms with Gasteiger partial charge in [0, 0.05) is 19.2 Å². The summed E-state index contributed by atoms with van der Waals surface area (Å²) in [6.07, 6.45) is -3.43. The van der Waals surface area contributed by atoms with E-state index in [2.05, 4.69) is 15.5 Å². The number of amides is 2. The smallest absolute Gasteiger partial charge is 0.364 e. The molecule has 0 aromatic carbocycles. The molecule has 0 fully saturated rings. The van der Waals surface area contributed by atoms with Crippen molar-refractivity contribution in [2.24, 2.45) is 5.73 Å². The molecule has 0 atom stereocenters. The highest BCUT2D eigenvalue weighted by atomic mass is 35.5. The van der Waals surface area contributed by atoms with Gasteiger partial charge in [0.05, 0.1) is 22.9 Å². The molecule has 0 aliphatic rings. The Hall–Kier alpha value is -2.56. The molecule has 2 aromatic heterocycles. The van der Waals surface area contributed by atoms with Gasteiger partial charge in [0.15, 0.2) is 11.4 Å². The summed E-state index contributed by atoms with van der Waals surface area (Å²) in [6, 6.07) is 0. The molecule has 2 heterocycles. The molecule has 2 rings (SSSR count). The molecule has 8 nitrogen and oxygen atoms in total. The van der Waals surface area contributed by atoms with Crippen molar-refractivity contribution in [1.29, 1.82) is 0 Å². The molecular weight excluding hydrogens is 377 g/mol. The Morgan fingerprint density at radius 1 is 1.35 bits per heavy atom. The molecule has 0 aliphatic carbocycles. The number of nitrogens with zero attached hydrogens (tertiary/aromatic N) is 4. The largest absolute Gasteiger partial charge is 0.436 e. The second-order valence-corrected chi connectivity index (χ2v) is 5.76. The lowest BCUT2D eigenvalue weighted by Crippen LogP contribution is -2.19. The normalized spacial score (nSPS) is 11.6. The van der Waals surface area contributed by atoms with Crippen LogP contribution in [0, 0.1) is 6.92 Å². The number of aryl methyl sites for hydroxylation is 2. The summed E-state index contributed by atoms with van der Waals surface area (Å²) in [5, 5.41) is 9.30. The van der Waals surface area contributed by atoms with E-state index in [4.69, 9.17) is 17.3 Å². The molecule has 12 heteroatoms. The van der Waals surface area contributed by atoms with Gasteiger partial charge in [-0.15, -0.1) is 0 Å². The van der Waals surface area contributed by atoms with Crippen LogP contribution in [0.1, 0.15) is 35.2 Å². The number of rotatable bonds is 6. The van der Waals surface area contributed by atoms with Gasteiger partial charge in [0.2, 0.25) is 5.91 Å². The maximum Gasteiger partial charge on any atom is 0.436 e. The third-order valence-corrected chi connectivity index (χ3v) is 4.00. The summed E-state index contributed by atoms with van der Waals surface area (Å²) in [5.74, 6) is -1.35. The molecule has 0 saturated heterocycles. The lowest BCUT2D eigenvalue weighted by molar-refractivity contribution is -0.141. The van der Waals surface area contributed by atoms with Gasteiger partial charge in [0.1, 0.15) is 0 Å². The molecule has 0 spiro atoms. The van der Waals surface area contributed by atoms with Gasteiger partial charge >= 0.3 is 6.18 Å². The van der Waals surface area contributed by atoms with Crippen molar-refractivity contribution in [3.8, 4) is 0 Å². The third-order valence-electron chi connectivity index (χ3n) is 3.55. The van der Waals surface area contributed by atoms with E-state index in [0.717, 1.165) is 4.68 Å². The summed E-state index contributed by atoms with van der Waals surface area (Å²) in [5.41, 5.74) is 4.14. The van der Waals surface area contributed by atoms with E-state index in [1.165, 1.54) is 17.8 Å². The zero-order valence-corrected chi connectivity index (χ0v) is 14.6. The van der Waals surface area contributed by atoms with Gasteiger partial charge in [-0.05, 0) is 13.8 Å². The number of anilines is 1. The van der Waals surface area contributed by atoms with Crippen molar-refractivity contribution in [3.05, 3.63) is 28.3 Å². The van der Waals surface area contributed by atoms with Crippen LogP contribution in [0.5, 0.6) is 0 Å². The summed E-state index contributed by atoms with van der Waals surface area (Å²) in [4.78, 5) is 23.4. The molecule has 142 valence electrons. The topological polar surface area (TPSA) is 108 Å². The van der Waals surface area contributed by atoms with Gasteiger partial charge in [-0.1, -0.05) is 11.6 Å². The summed E-state index contributed by atoms with van der Waals surface area (Å²) in [6.45, 7) is 3.49. The fourth-order valence-corrected chi connectivity index (χ4v) is 2.44. The fourth-order valence-electron chi connectivity index (χ4n) is 2.20. The maximum absolute atomic E-state index is 12.8. The highest BCUT2D eigenvalue weighted by molar-refractivity contribution is 6.31. The van der Waals surface area contributed by atoms with Gasteiger partial charge in [-0.25, -0.2) is 0 Å². The van der Waals surface area contributed by atoms with E-state index in [-0.39, 0.29) is 30.0 Å². The lowest BCUT2D eigenvalue weighted by Gasteiger charge is -2.06. The molecular formula is C14H16ClF3N6O2. The average molecular weight is 393 g/mol. The zero-order valence-electron chi connectivity index (χ0n) is 13.9. The van der Waals surface area contributed by atoms with Crippen molar-refractivity contribution in [3.63, 3.8) is 0 Å². The first kappa shape index (κ1) is 19.8. The van der Waals surface area contributed by atoms with Crippen molar-refractivity contribution in [1.82, 2.24) is 19.6 Å². The van der Waals surface area contributed by atoms with E-state index in [1.807, 2.05) is 0 Å². The third kappa shape index (κ3) is 4.15. The van der Waals surface area contributed by atoms with Gasteiger partial charge in [0.25, 0.3) is 5.91 Å². The molecule has 0 unspecified atom stereocenters. The Balaban J connectivity index is 2.09. The minimum Gasteiger partial charge on any atom is -0.364 e. The maximum atomic E-state index is 12.8. The number of aromatic nitrogens is 4. The number of primary amides is 1. The second-order valence-electron chi connectivity index (χ2n) is 5.38. The summed E-state index contributed by atoms with van der Waals surface area (Å²) < 4.78 is 40.8. The number of hydrogen-bond acceptors (Lipinski definition) is 4. The van der Waals surface area contributed by atoms with E-state index >= 15 is 0 Å². The van der Waals surface area contributed by atoms with E-state index in [1.54, 1.807) is 6.92 Å². The molecule has 26 heavy (non-hydrogen) atoms. The van der Waals surface area contributed by atoms with Crippen LogP contribution in [0.3, 0.4) is 0 Å². The number of carbonyl (C=O) groups excluding carboxylic acids is 2. The van der Waals surface area contributed by atoms with E-state index in [0.29, 0.717) is 6.54 Å². The zero-order chi connectivity index (χ0) is 19.6.